The van der Waals surface area contributed by atoms with Gasteiger partial charge in [-0.2, -0.15) is 5.10 Å². The van der Waals surface area contributed by atoms with Crippen LogP contribution in [0.3, 0.4) is 0 Å². The molecule has 1 saturated heterocycles. The normalized spacial score (nSPS) is 22.2. The van der Waals surface area contributed by atoms with Crippen LogP contribution in [0.1, 0.15) is 24.5 Å². The van der Waals surface area contributed by atoms with Crippen molar-refractivity contribution in [3.8, 4) is 11.4 Å². The van der Waals surface area contributed by atoms with Gasteiger partial charge in [0.1, 0.15) is 0 Å². The monoisotopic (exact) mass is 343 g/mol. The number of carbonyl (C=O) groups excluding carboxylic acids is 1. The fraction of sp³-hybridized carbons (Fsp3) is 0.471. The van der Waals surface area contributed by atoms with E-state index in [2.05, 4.69) is 20.5 Å². The van der Waals surface area contributed by atoms with Crippen molar-refractivity contribution in [2.45, 2.75) is 32.1 Å². The molecule has 4 rings (SSSR count). The molecule has 2 aromatic heterocycles. The lowest BCUT2D eigenvalue weighted by Crippen LogP contribution is -2.57. The number of aliphatic hydroxyl groups is 1. The van der Waals surface area contributed by atoms with E-state index in [1.165, 1.54) is 5.56 Å². The Kier molecular flexibility index (Phi) is 3.93. The predicted molar refractivity (Wildman–Crippen MR) is 90.8 cm³/mol. The molecule has 0 saturated carbocycles. The Morgan fingerprint density at radius 3 is 3.12 bits per heavy atom. The number of hydrogen-bond acceptors (Lipinski definition) is 6. The largest absolute Gasteiger partial charge is 0.350 e. The quantitative estimate of drug-likeness (QED) is 0.753. The van der Waals surface area contributed by atoms with Crippen LogP contribution in [0.2, 0.25) is 0 Å². The average Bonchev–Trinajstić information content (AvgIpc) is 3.19. The molecule has 8 nitrogen and oxygen atoms in total. The maximum Gasteiger partial charge on any atom is 0.333 e. The summed E-state index contributed by atoms with van der Waals surface area (Å²) in [6, 6.07) is 1.98. The standard InChI is InChI=1S/C17H21N5O3/c1-2-18-16(23)17(24)22(6-7-25-17)13-8-11-4-3-5-12-9-20-21-15(12)14(11)19-10-13/h8-10,24H,2-7H2,1H3,(H,18,23)(H,20,21)/t17-/m0/s1. The maximum absolute atomic E-state index is 12.3. The Morgan fingerprint density at radius 2 is 2.28 bits per heavy atom. The number of anilines is 1. The van der Waals surface area contributed by atoms with Crippen LogP contribution in [0.25, 0.3) is 11.4 Å². The number of H-pyrrole nitrogens is 1. The average molecular weight is 343 g/mol. The van der Waals surface area contributed by atoms with Crippen LogP contribution >= 0.6 is 0 Å². The molecule has 25 heavy (non-hydrogen) atoms. The smallest absolute Gasteiger partial charge is 0.333 e. The molecule has 0 aromatic carbocycles. The second-order valence-electron chi connectivity index (χ2n) is 6.29. The summed E-state index contributed by atoms with van der Waals surface area (Å²) in [6.07, 6.45) is 6.36. The summed E-state index contributed by atoms with van der Waals surface area (Å²) in [6.45, 7) is 2.91. The summed E-state index contributed by atoms with van der Waals surface area (Å²) in [5.41, 5.74) is 4.76. The number of pyridine rings is 1. The number of fused-ring (bicyclic) bond motifs is 3. The van der Waals surface area contributed by atoms with Crippen molar-refractivity contribution in [3.05, 3.63) is 29.6 Å². The molecular formula is C17H21N5O3. The van der Waals surface area contributed by atoms with Crippen LogP contribution in [-0.4, -0.2) is 51.8 Å². The molecule has 3 heterocycles. The Hall–Kier alpha value is -2.45. The molecule has 8 heteroatoms. The van der Waals surface area contributed by atoms with Gasteiger partial charge in [-0.05, 0) is 43.4 Å². The number of ether oxygens (including phenoxy) is 1. The number of aromatic amines is 1. The predicted octanol–water partition coefficient (Wildman–Crippen LogP) is 0.579. The molecule has 1 aliphatic carbocycles. The summed E-state index contributed by atoms with van der Waals surface area (Å²) < 4.78 is 5.36. The first-order chi connectivity index (χ1) is 12.1. The zero-order chi connectivity index (χ0) is 17.4. The van der Waals surface area contributed by atoms with Crippen molar-refractivity contribution in [1.82, 2.24) is 20.5 Å². The van der Waals surface area contributed by atoms with Gasteiger partial charge in [-0.1, -0.05) is 0 Å². The van der Waals surface area contributed by atoms with E-state index in [1.54, 1.807) is 18.0 Å². The summed E-state index contributed by atoms with van der Waals surface area (Å²) in [4.78, 5) is 18.4. The highest BCUT2D eigenvalue weighted by molar-refractivity contribution is 5.87. The molecule has 1 atom stereocenters. The fourth-order valence-corrected chi connectivity index (χ4v) is 3.51. The second kappa shape index (κ2) is 6.12. The van der Waals surface area contributed by atoms with Crippen molar-refractivity contribution < 1.29 is 14.6 Å². The number of aromatic nitrogens is 3. The lowest BCUT2D eigenvalue weighted by molar-refractivity contribution is -0.187. The van der Waals surface area contributed by atoms with Gasteiger partial charge in [0.05, 0.1) is 36.1 Å². The van der Waals surface area contributed by atoms with Crippen LogP contribution < -0.4 is 10.2 Å². The number of nitrogens with zero attached hydrogens (tertiary/aromatic N) is 3. The molecule has 0 spiro atoms. The van der Waals surface area contributed by atoms with E-state index in [4.69, 9.17) is 4.74 Å². The molecule has 1 amide bonds. The van der Waals surface area contributed by atoms with Crippen molar-refractivity contribution >= 4 is 11.6 Å². The Bertz CT molecular complexity index is 805. The first-order valence-corrected chi connectivity index (χ1v) is 8.57. The Balaban J connectivity index is 1.71. The van der Waals surface area contributed by atoms with E-state index in [1.807, 2.05) is 12.3 Å². The minimum atomic E-state index is -1.99. The summed E-state index contributed by atoms with van der Waals surface area (Å²) in [5.74, 6) is -2.55. The molecule has 2 aliphatic rings. The van der Waals surface area contributed by atoms with Gasteiger partial charge in [0, 0.05) is 13.1 Å². The van der Waals surface area contributed by atoms with Crippen molar-refractivity contribution in [1.29, 1.82) is 0 Å². The fourth-order valence-electron chi connectivity index (χ4n) is 3.51. The molecule has 0 radical (unpaired) electrons. The van der Waals surface area contributed by atoms with Gasteiger partial charge in [-0.3, -0.25) is 14.9 Å². The minimum Gasteiger partial charge on any atom is -0.350 e. The number of nitrogens with one attached hydrogen (secondary N) is 2. The van der Waals surface area contributed by atoms with E-state index in [0.29, 0.717) is 18.8 Å². The zero-order valence-electron chi connectivity index (χ0n) is 14.1. The van der Waals surface area contributed by atoms with E-state index in [0.717, 1.165) is 36.2 Å². The highest BCUT2D eigenvalue weighted by atomic mass is 16.7. The van der Waals surface area contributed by atoms with Crippen molar-refractivity contribution in [2.75, 3.05) is 24.6 Å². The lowest BCUT2D eigenvalue weighted by Gasteiger charge is -2.31. The van der Waals surface area contributed by atoms with Gasteiger partial charge >= 0.3 is 11.8 Å². The summed E-state index contributed by atoms with van der Waals surface area (Å²) in [7, 11) is 0. The van der Waals surface area contributed by atoms with Gasteiger partial charge in [0.25, 0.3) is 0 Å². The van der Waals surface area contributed by atoms with Gasteiger partial charge in [0.2, 0.25) is 0 Å². The zero-order valence-corrected chi connectivity index (χ0v) is 14.1. The van der Waals surface area contributed by atoms with Crippen LogP contribution in [-0.2, 0) is 22.4 Å². The number of amides is 1. The van der Waals surface area contributed by atoms with E-state index in [9.17, 15) is 9.90 Å². The van der Waals surface area contributed by atoms with Crippen LogP contribution in [0.4, 0.5) is 5.69 Å². The first-order valence-electron chi connectivity index (χ1n) is 8.57. The maximum atomic E-state index is 12.3. The third-order valence-corrected chi connectivity index (χ3v) is 4.73. The number of hydrogen-bond donors (Lipinski definition) is 3. The highest BCUT2D eigenvalue weighted by Gasteiger charge is 2.48. The van der Waals surface area contributed by atoms with Gasteiger partial charge in [-0.15, -0.1) is 0 Å². The Morgan fingerprint density at radius 1 is 1.44 bits per heavy atom. The van der Waals surface area contributed by atoms with Gasteiger partial charge in [-0.25, -0.2) is 0 Å². The molecule has 0 unspecified atom stereocenters. The lowest BCUT2D eigenvalue weighted by atomic mass is 10.1. The van der Waals surface area contributed by atoms with E-state index in [-0.39, 0.29) is 6.61 Å². The van der Waals surface area contributed by atoms with E-state index >= 15 is 0 Å². The highest BCUT2D eigenvalue weighted by Crippen LogP contribution is 2.34. The van der Waals surface area contributed by atoms with Crippen molar-refractivity contribution in [3.63, 3.8) is 0 Å². The molecule has 1 aliphatic heterocycles. The minimum absolute atomic E-state index is 0.273. The molecule has 132 valence electrons. The van der Waals surface area contributed by atoms with Crippen LogP contribution in [0.5, 0.6) is 0 Å². The van der Waals surface area contributed by atoms with Crippen LogP contribution in [0, 0.1) is 0 Å². The number of rotatable bonds is 3. The first kappa shape index (κ1) is 16.0. The second-order valence-corrected chi connectivity index (χ2v) is 6.29. The molecule has 1 fully saturated rings. The molecular weight excluding hydrogens is 322 g/mol. The summed E-state index contributed by atoms with van der Waals surface area (Å²) in [5, 5.41) is 20.5. The van der Waals surface area contributed by atoms with Gasteiger partial charge in [0.15, 0.2) is 0 Å². The van der Waals surface area contributed by atoms with E-state index < -0.39 is 11.8 Å². The molecule has 3 N–H and O–H groups in total. The molecule has 0 bridgehead atoms. The third kappa shape index (κ3) is 2.58. The summed E-state index contributed by atoms with van der Waals surface area (Å²) >= 11 is 0. The van der Waals surface area contributed by atoms with Crippen molar-refractivity contribution in [2.24, 2.45) is 0 Å². The number of carbonyl (C=O) groups is 1. The Labute approximate surface area is 145 Å². The van der Waals surface area contributed by atoms with Gasteiger partial charge < -0.3 is 20.1 Å². The number of likely N-dealkylation sites (N-methyl/N-ethyl adjacent to an activating group) is 1. The topological polar surface area (TPSA) is 103 Å². The molecule has 2 aromatic rings. The number of aryl methyl sites for hydroxylation is 2. The van der Waals surface area contributed by atoms with Crippen LogP contribution in [0.15, 0.2) is 18.5 Å². The SMILES string of the molecule is CCNC(=O)[C@]1(O)OCCN1c1cnc2c(c1)CCCc1cn[nH]c1-2. The third-order valence-electron chi connectivity index (χ3n) is 4.73.